The van der Waals surface area contributed by atoms with E-state index in [9.17, 15) is 9.59 Å². The molecule has 0 spiro atoms. The minimum absolute atomic E-state index is 0.113. The largest absolute Gasteiger partial charge is 0.465 e. The lowest BCUT2D eigenvalue weighted by Crippen LogP contribution is -2.26. The number of hydrogen-bond donors (Lipinski definition) is 2. The second-order valence-electron chi connectivity index (χ2n) is 5.06. The zero-order chi connectivity index (χ0) is 15.2. The Morgan fingerprint density at radius 1 is 1.24 bits per heavy atom. The zero-order valence-corrected chi connectivity index (χ0v) is 12.4. The van der Waals surface area contributed by atoms with E-state index >= 15 is 0 Å². The van der Waals surface area contributed by atoms with Crippen molar-refractivity contribution in [3.05, 3.63) is 41.1 Å². The van der Waals surface area contributed by atoms with Gasteiger partial charge in [-0.15, -0.1) is 0 Å². The molecule has 2 rings (SSSR count). The summed E-state index contributed by atoms with van der Waals surface area (Å²) in [6.45, 7) is 1.92. The monoisotopic (exact) mass is 288 g/mol. The first-order chi connectivity index (χ1) is 10.1. The van der Waals surface area contributed by atoms with Gasteiger partial charge in [-0.2, -0.15) is 0 Å². The topological polar surface area (TPSA) is 67.4 Å². The first-order valence-corrected chi connectivity index (χ1v) is 7.06. The van der Waals surface area contributed by atoms with Gasteiger partial charge in [0.2, 0.25) is 0 Å². The maximum atomic E-state index is 11.9. The van der Waals surface area contributed by atoms with Crippen LogP contribution in [0.4, 0.5) is 5.69 Å². The Kier molecular flexibility index (Phi) is 4.98. The molecule has 0 saturated heterocycles. The Balaban J connectivity index is 2.10. The van der Waals surface area contributed by atoms with Crippen molar-refractivity contribution in [3.8, 4) is 0 Å². The first-order valence-electron chi connectivity index (χ1n) is 7.06. The van der Waals surface area contributed by atoms with Gasteiger partial charge in [-0.25, -0.2) is 4.79 Å². The van der Waals surface area contributed by atoms with E-state index in [1.54, 1.807) is 12.1 Å². The van der Waals surface area contributed by atoms with E-state index in [1.165, 1.54) is 7.11 Å². The third kappa shape index (κ3) is 3.84. The van der Waals surface area contributed by atoms with Crippen LogP contribution in [0.3, 0.4) is 0 Å². The number of ether oxygens (including phenoxy) is 1. The van der Waals surface area contributed by atoms with Gasteiger partial charge < -0.3 is 10.2 Å². The molecule has 0 fully saturated rings. The predicted molar refractivity (Wildman–Crippen MR) is 80.8 cm³/mol. The van der Waals surface area contributed by atoms with Gasteiger partial charge in [-0.3, -0.25) is 10.2 Å². The molecule has 112 valence electrons. The number of hydrazine groups is 1. The van der Waals surface area contributed by atoms with Crippen molar-refractivity contribution in [1.82, 2.24) is 5.43 Å². The molecule has 1 aromatic carbocycles. The number of Topliss-reactive ketones (excluding diaryl/α,β-unsaturated/α-hetero) is 1. The highest BCUT2D eigenvalue weighted by Crippen LogP contribution is 2.18. The number of aryl methyl sites for hydroxylation is 1. The summed E-state index contributed by atoms with van der Waals surface area (Å²) in [5, 5.41) is 0. The number of carbonyl (C=O) groups excluding carboxylic acids is 2. The highest BCUT2D eigenvalue weighted by atomic mass is 16.5. The molecule has 0 amide bonds. The van der Waals surface area contributed by atoms with Crippen LogP contribution >= 0.6 is 0 Å². The lowest BCUT2D eigenvalue weighted by molar-refractivity contribution is -0.115. The quantitative estimate of drug-likeness (QED) is 0.658. The van der Waals surface area contributed by atoms with Crippen molar-refractivity contribution < 1.29 is 14.3 Å². The van der Waals surface area contributed by atoms with Crippen molar-refractivity contribution in [2.24, 2.45) is 0 Å². The van der Waals surface area contributed by atoms with E-state index in [0.29, 0.717) is 17.7 Å². The van der Waals surface area contributed by atoms with Crippen LogP contribution in [0.25, 0.3) is 0 Å². The molecule has 0 radical (unpaired) electrons. The van der Waals surface area contributed by atoms with E-state index in [0.717, 1.165) is 30.5 Å². The van der Waals surface area contributed by atoms with Gasteiger partial charge in [0.25, 0.3) is 0 Å². The van der Waals surface area contributed by atoms with Crippen LogP contribution in [0.1, 0.15) is 41.6 Å². The van der Waals surface area contributed by atoms with Gasteiger partial charge in [-0.1, -0.05) is 12.1 Å². The second-order valence-corrected chi connectivity index (χ2v) is 5.06. The maximum Gasteiger partial charge on any atom is 0.337 e. The number of anilines is 1. The normalized spacial score (nSPS) is 15.0. The summed E-state index contributed by atoms with van der Waals surface area (Å²) >= 11 is 0. The van der Waals surface area contributed by atoms with Crippen LogP contribution in [0.2, 0.25) is 0 Å². The van der Waals surface area contributed by atoms with Crippen molar-refractivity contribution in [3.63, 3.8) is 0 Å². The lowest BCUT2D eigenvalue weighted by Gasteiger charge is -2.14. The summed E-state index contributed by atoms with van der Waals surface area (Å²) < 4.78 is 4.71. The number of rotatable bonds is 4. The fourth-order valence-electron chi connectivity index (χ4n) is 2.18. The smallest absolute Gasteiger partial charge is 0.337 e. The van der Waals surface area contributed by atoms with Crippen LogP contribution in [0.15, 0.2) is 30.0 Å². The minimum Gasteiger partial charge on any atom is -0.465 e. The molecule has 1 aromatic rings. The lowest BCUT2D eigenvalue weighted by atomic mass is 10.1. The average Bonchev–Trinajstić information content (AvgIpc) is 2.70. The molecule has 5 nitrogen and oxygen atoms in total. The predicted octanol–water partition coefficient (Wildman–Crippen LogP) is 2.73. The fourth-order valence-corrected chi connectivity index (χ4v) is 2.18. The number of carbonyl (C=O) groups is 2. The number of esters is 1. The molecule has 5 heteroatoms. The Bertz CT molecular complexity index is 579. The SMILES string of the molecule is COC(=O)c1ccc(C)c(NNC2=CCCCCC2=O)c1. The molecule has 0 saturated carbocycles. The molecule has 0 aromatic heterocycles. The summed E-state index contributed by atoms with van der Waals surface area (Å²) in [5.74, 6) is -0.274. The molecule has 0 bridgehead atoms. The van der Waals surface area contributed by atoms with Crippen molar-refractivity contribution in [2.75, 3.05) is 12.5 Å². The second kappa shape index (κ2) is 6.92. The Morgan fingerprint density at radius 2 is 2.05 bits per heavy atom. The standard InChI is InChI=1S/C16H20N2O3/c1-11-8-9-12(16(20)21-2)10-14(11)18-17-13-6-4-3-5-7-15(13)19/h6,8-10,17-18H,3-5,7H2,1-2H3. The molecule has 1 aliphatic carbocycles. The van der Waals surface area contributed by atoms with Crippen LogP contribution in [-0.4, -0.2) is 18.9 Å². The van der Waals surface area contributed by atoms with Gasteiger partial charge in [0.1, 0.15) is 0 Å². The van der Waals surface area contributed by atoms with E-state index in [4.69, 9.17) is 4.74 Å². The summed E-state index contributed by atoms with van der Waals surface area (Å²) in [4.78, 5) is 23.4. The first kappa shape index (κ1) is 15.1. The molecule has 0 heterocycles. The third-order valence-electron chi connectivity index (χ3n) is 3.50. The van der Waals surface area contributed by atoms with Gasteiger partial charge in [-0.05, 0) is 43.9 Å². The van der Waals surface area contributed by atoms with E-state index in [1.807, 2.05) is 19.1 Å². The molecule has 0 aliphatic heterocycles. The van der Waals surface area contributed by atoms with Crippen LogP contribution < -0.4 is 10.9 Å². The van der Waals surface area contributed by atoms with E-state index in [-0.39, 0.29) is 11.8 Å². The molecule has 2 N–H and O–H groups in total. The molecular formula is C16H20N2O3. The van der Waals surface area contributed by atoms with Gasteiger partial charge in [0, 0.05) is 6.42 Å². The van der Waals surface area contributed by atoms with Gasteiger partial charge in [0.05, 0.1) is 24.1 Å². The van der Waals surface area contributed by atoms with Crippen LogP contribution in [0.5, 0.6) is 0 Å². The number of ketones is 1. The van der Waals surface area contributed by atoms with Crippen molar-refractivity contribution in [1.29, 1.82) is 0 Å². The molecule has 0 atom stereocenters. The van der Waals surface area contributed by atoms with Crippen molar-refractivity contribution in [2.45, 2.75) is 32.6 Å². The zero-order valence-electron chi connectivity index (χ0n) is 12.4. The molecule has 21 heavy (non-hydrogen) atoms. The number of allylic oxidation sites excluding steroid dienone is 2. The van der Waals surface area contributed by atoms with E-state index < -0.39 is 0 Å². The maximum absolute atomic E-state index is 11.9. The van der Waals surface area contributed by atoms with Gasteiger partial charge in [0.15, 0.2) is 5.78 Å². The Labute approximate surface area is 124 Å². The molecular weight excluding hydrogens is 268 g/mol. The summed E-state index contributed by atoms with van der Waals surface area (Å²) in [5.41, 5.74) is 8.75. The summed E-state index contributed by atoms with van der Waals surface area (Å²) in [6, 6.07) is 5.25. The highest BCUT2D eigenvalue weighted by molar-refractivity contribution is 5.95. The number of nitrogens with one attached hydrogen (secondary N) is 2. The minimum atomic E-state index is -0.386. The third-order valence-corrected chi connectivity index (χ3v) is 3.50. The average molecular weight is 288 g/mol. The number of hydrogen-bond acceptors (Lipinski definition) is 5. The molecule has 1 aliphatic rings. The van der Waals surface area contributed by atoms with Crippen molar-refractivity contribution >= 4 is 17.4 Å². The van der Waals surface area contributed by atoms with Crippen LogP contribution in [-0.2, 0) is 9.53 Å². The molecule has 0 unspecified atom stereocenters. The highest BCUT2D eigenvalue weighted by Gasteiger charge is 2.13. The number of benzene rings is 1. The Hall–Kier alpha value is -2.30. The van der Waals surface area contributed by atoms with Gasteiger partial charge >= 0.3 is 5.97 Å². The van der Waals surface area contributed by atoms with Crippen LogP contribution in [0, 0.1) is 6.92 Å². The fraction of sp³-hybridized carbons (Fsp3) is 0.375. The summed E-state index contributed by atoms with van der Waals surface area (Å²) in [6.07, 6.45) is 5.35. The van der Waals surface area contributed by atoms with E-state index in [2.05, 4.69) is 10.9 Å². The Morgan fingerprint density at radius 3 is 2.81 bits per heavy atom. The number of methoxy groups -OCH3 is 1. The summed E-state index contributed by atoms with van der Waals surface area (Å²) in [7, 11) is 1.35.